The van der Waals surface area contributed by atoms with Crippen LogP contribution in [0.2, 0.25) is 0 Å². The van der Waals surface area contributed by atoms with Crippen LogP contribution >= 0.6 is 15.9 Å². The second-order valence-corrected chi connectivity index (χ2v) is 3.86. The van der Waals surface area contributed by atoms with E-state index >= 15 is 0 Å². The molecule has 0 atom stereocenters. The molecule has 2 rings (SSSR count). The Bertz CT molecular complexity index is 481. The third-order valence-corrected chi connectivity index (χ3v) is 2.64. The first-order valence-corrected chi connectivity index (χ1v) is 5.61. The standard InChI is InChI=1S/C11H9BrFNO/c1-7-2-3-10(13)9(4-7)11-5-8(6-12)15-14-11/h2-5H,6H2,1H3. The Morgan fingerprint density at radius 1 is 1.40 bits per heavy atom. The van der Waals surface area contributed by atoms with E-state index in [1.165, 1.54) is 6.07 Å². The van der Waals surface area contributed by atoms with Gasteiger partial charge in [-0.05, 0) is 19.1 Å². The van der Waals surface area contributed by atoms with Crippen molar-refractivity contribution in [1.29, 1.82) is 0 Å². The van der Waals surface area contributed by atoms with Crippen molar-refractivity contribution in [1.82, 2.24) is 5.16 Å². The van der Waals surface area contributed by atoms with E-state index in [0.29, 0.717) is 22.3 Å². The molecule has 1 heterocycles. The van der Waals surface area contributed by atoms with Gasteiger partial charge in [0.1, 0.15) is 17.3 Å². The summed E-state index contributed by atoms with van der Waals surface area (Å²) in [5.41, 5.74) is 2.01. The number of benzene rings is 1. The average molecular weight is 270 g/mol. The maximum atomic E-state index is 13.5. The van der Waals surface area contributed by atoms with Crippen LogP contribution in [0.15, 0.2) is 28.8 Å². The molecule has 78 valence electrons. The molecule has 4 heteroatoms. The molecule has 0 amide bonds. The Morgan fingerprint density at radius 2 is 2.20 bits per heavy atom. The van der Waals surface area contributed by atoms with Crippen molar-refractivity contribution in [3.05, 3.63) is 41.4 Å². The second-order valence-electron chi connectivity index (χ2n) is 3.30. The molecule has 1 aromatic heterocycles. The molecule has 15 heavy (non-hydrogen) atoms. The largest absolute Gasteiger partial charge is 0.360 e. The molecule has 0 radical (unpaired) electrons. The smallest absolute Gasteiger partial charge is 0.147 e. The zero-order valence-corrected chi connectivity index (χ0v) is 9.71. The minimum atomic E-state index is -0.282. The molecule has 0 aliphatic heterocycles. The average Bonchev–Trinajstić information content (AvgIpc) is 2.70. The van der Waals surface area contributed by atoms with Gasteiger partial charge in [0.15, 0.2) is 0 Å². The number of hydrogen-bond donors (Lipinski definition) is 0. The van der Waals surface area contributed by atoms with Gasteiger partial charge >= 0.3 is 0 Å². The van der Waals surface area contributed by atoms with E-state index in [2.05, 4.69) is 21.1 Å². The van der Waals surface area contributed by atoms with E-state index in [9.17, 15) is 4.39 Å². The molecule has 0 fully saturated rings. The van der Waals surface area contributed by atoms with E-state index in [1.54, 1.807) is 18.2 Å². The van der Waals surface area contributed by atoms with Crippen LogP contribution < -0.4 is 0 Å². The van der Waals surface area contributed by atoms with Crippen molar-refractivity contribution >= 4 is 15.9 Å². The fraction of sp³-hybridized carbons (Fsp3) is 0.182. The Morgan fingerprint density at radius 3 is 2.87 bits per heavy atom. The van der Waals surface area contributed by atoms with Crippen LogP contribution in [0.1, 0.15) is 11.3 Å². The van der Waals surface area contributed by atoms with E-state index in [-0.39, 0.29) is 5.82 Å². The summed E-state index contributed by atoms with van der Waals surface area (Å²) in [5.74, 6) is 0.404. The maximum Gasteiger partial charge on any atom is 0.147 e. The van der Waals surface area contributed by atoms with E-state index < -0.39 is 0 Å². The topological polar surface area (TPSA) is 26.0 Å². The minimum absolute atomic E-state index is 0.282. The first-order chi connectivity index (χ1) is 7.20. The molecule has 0 aliphatic carbocycles. The third-order valence-electron chi connectivity index (χ3n) is 2.09. The molecule has 0 N–H and O–H groups in total. The molecule has 0 saturated heterocycles. The summed E-state index contributed by atoms with van der Waals surface area (Å²) in [6.45, 7) is 1.91. The number of rotatable bonds is 2. The zero-order chi connectivity index (χ0) is 10.8. The minimum Gasteiger partial charge on any atom is -0.360 e. The molecular weight excluding hydrogens is 261 g/mol. The Kier molecular flexibility index (Phi) is 2.86. The predicted octanol–water partition coefficient (Wildman–Crippen LogP) is 3.68. The van der Waals surface area contributed by atoms with Crippen LogP contribution in [-0.2, 0) is 5.33 Å². The van der Waals surface area contributed by atoms with Crippen molar-refractivity contribution in [2.45, 2.75) is 12.3 Å². The number of aryl methyl sites for hydroxylation is 1. The lowest BCUT2D eigenvalue weighted by atomic mass is 10.1. The lowest BCUT2D eigenvalue weighted by Gasteiger charge is -1.99. The summed E-state index contributed by atoms with van der Waals surface area (Å²) in [7, 11) is 0. The molecule has 2 aromatic rings. The number of hydrogen-bond acceptors (Lipinski definition) is 2. The zero-order valence-electron chi connectivity index (χ0n) is 8.13. The molecule has 2 nitrogen and oxygen atoms in total. The molecule has 1 aromatic carbocycles. The quantitative estimate of drug-likeness (QED) is 0.778. The lowest BCUT2D eigenvalue weighted by molar-refractivity contribution is 0.397. The van der Waals surface area contributed by atoms with Crippen molar-refractivity contribution in [2.75, 3.05) is 0 Å². The van der Waals surface area contributed by atoms with Crippen LogP contribution in [-0.4, -0.2) is 5.16 Å². The number of aromatic nitrogens is 1. The Labute approximate surface area is 95.2 Å². The van der Waals surface area contributed by atoms with Crippen LogP contribution in [0.25, 0.3) is 11.3 Å². The van der Waals surface area contributed by atoms with Crippen molar-refractivity contribution in [2.24, 2.45) is 0 Å². The second kappa shape index (κ2) is 4.14. The summed E-state index contributed by atoms with van der Waals surface area (Å²) in [4.78, 5) is 0. The van der Waals surface area contributed by atoms with Crippen molar-refractivity contribution < 1.29 is 8.91 Å². The maximum absolute atomic E-state index is 13.5. The van der Waals surface area contributed by atoms with Crippen LogP contribution in [0.3, 0.4) is 0 Å². The van der Waals surface area contributed by atoms with Gasteiger partial charge in [0.25, 0.3) is 0 Å². The molecule has 0 spiro atoms. The van der Waals surface area contributed by atoms with Gasteiger partial charge in [-0.25, -0.2) is 4.39 Å². The van der Waals surface area contributed by atoms with Gasteiger partial charge in [-0.1, -0.05) is 32.7 Å². The highest BCUT2D eigenvalue weighted by atomic mass is 79.9. The summed E-state index contributed by atoms with van der Waals surface area (Å²) < 4.78 is 18.5. The van der Waals surface area contributed by atoms with Gasteiger partial charge in [-0.15, -0.1) is 0 Å². The number of alkyl halides is 1. The van der Waals surface area contributed by atoms with Crippen LogP contribution in [0, 0.1) is 12.7 Å². The molecule has 0 bridgehead atoms. The third kappa shape index (κ3) is 2.09. The fourth-order valence-electron chi connectivity index (χ4n) is 1.34. The van der Waals surface area contributed by atoms with Gasteiger partial charge < -0.3 is 4.52 Å². The normalized spacial score (nSPS) is 10.6. The van der Waals surface area contributed by atoms with Crippen LogP contribution in [0.4, 0.5) is 4.39 Å². The molecule has 0 aliphatic rings. The fourth-order valence-corrected chi connectivity index (χ4v) is 1.60. The van der Waals surface area contributed by atoms with Crippen LogP contribution in [0.5, 0.6) is 0 Å². The summed E-state index contributed by atoms with van der Waals surface area (Å²) in [5, 5.41) is 4.39. The summed E-state index contributed by atoms with van der Waals surface area (Å²) in [6, 6.07) is 6.65. The lowest BCUT2D eigenvalue weighted by Crippen LogP contribution is -1.85. The summed E-state index contributed by atoms with van der Waals surface area (Å²) in [6.07, 6.45) is 0. The Hall–Kier alpha value is -1.16. The van der Waals surface area contributed by atoms with E-state index in [4.69, 9.17) is 4.52 Å². The van der Waals surface area contributed by atoms with E-state index in [0.717, 1.165) is 5.56 Å². The monoisotopic (exact) mass is 269 g/mol. The molecular formula is C11H9BrFNO. The number of halogens is 2. The van der Waals surface area contributed by atoms with Gasteiger partial charge in [-0.3, -0.25) is 0 Å². The van der Waals surface area contributed by atoms with E-state index in [1.807, 2.05) is 6.92 Å². The van der Waals surface area contributed by atoms with Gasteiger partial charge in [-0.2, -0.15) is 0 Å². The molecule has 0 saturated carbocycles. The highest BCUT2D eigenvalue weighted by Crippen LogP contribution is 2.24. The first kappa shape index (κ1) is 10.4. The number of nitrogens with zero attached hydrogens (tertiary/aromatic N) is 1. The SMILES string of the molecule is Cc1ccc(F)c(-c2cc(CBr)on2)c1. The van der Waals surface area contributed by atoms with Gasteiger partial charge in [0.2, 0.25) is 0 Å². The highest BCUT2D eigenvalue weighted by Gasteiger charge is 2.10. The summed E-state index contributed by atoms with van der Waals surface area (Å²) >= 11 is 3.25. The first-order valence-electron chi connectivity index (χ1n) is 4.49. The molecule has 0 unspecified atom stereocenters. The van der Waals surface area contributed by atoms with Gasteiger partial charge in [0, 0.05) is 11.6 Å². The van der Waals surface area contributed by atoms with Gasteiger partial charge in [0.05, 0.1) is 5.33 Å². The van der Waals surface area contributed by atoms with Crippen molar-refractivity contribution in [3.63, 3.8) is 0 Å². The highest BCUT2D eigenvalue weighted by molar-refractivity contribution is 9.08. The Balaban J connectivity index is 2.48. The van der Waals surface area contributed by atoms with Crippen molar-refractivity contribution in [3.8, 4) is 11.3 Å². The predicted molar refractivity (Wildman–Crippen MR) is 59.3 cm³/mol.